The van der Waals surface area contributed by atoms with E-state index in [-0.39, 0.29) is 11.4 Å². The lowest BCUT2D eigenvalue weighted by atomic mass is 9.99. The van der Waals surface area contributed by atoms with Crippen molar-refractivity contribution in [3.05, 3.63) is 47.7 Å². The Morgan fingerprint density at radius 1 is 1.33 bits per heavy atom. The largest absolute Gasteiger partial charge is 0.438 e. The number of anilines is 1. The number of carbonyl (C=O) groups is 1. The molecule has 110 valence electrons. The summed E-state index contributed by atoms with van der Waals surface area (Å²) in [6.07, 6.45) is 2.50. The van der Waals surface area contributed by atoms with Gasteiger partial charge in [-0.3, -0.25) is 4.79 Å². The highest BCUT2D eigenvalue weighted by molar-refractivity contribution is 5.95. The van der Waals surface area contributed by atoms with Crippen molar-refractivity contribution in [3.63, 3.8) is 0 Å². The fourth-order valence-corrected chi connectivity index (χ4v) is 1.94. The standard InChI is InChI=1S/C16H19N3O2/c1-3-10(2)11-4-6-13(7-5-11)21-16-14(15(18)20)8-12(17)9-19-16/h4-10H,3,17H2,1-2H3,(H2,18,20). The van der Waals surface area contributed by atoms with Gasteiger partial charge in [-0.15, -0.1) is 0 Å². The number of nitrogens with zero attached hydrogens (tertiary/aromatic N) is 1. The van der Waals surface area contributed by atoms with Crippen molar-refractivity contribution in [2.45, 2.75) is 26.2 Å². The molecule has 21 heavy (non-hydrogen) atoms. The summed E-state index contributed by atoms with van der Waals surface area (Å²) in [5.74, 6) is 0.630. The lowest BCUT2D eigenvalue weighted by Gasteiger charge is -2.11. The number of hydrogen-bond donors (Lipinski definition) is 2. The Morgan fingerprint density at radius 3 is 2.57 bits per heavy atom. The first-order chi connectivity index (χ1) is 10.0. The molecule has 4 N–H and O–H groups in total. The second-order valence-corrected chi connectivity index (χ2v) is 4.97. The summed E-state index contributed by atoms with van der Waals surface area (Å²) >= 11 is 0. The van der Waals surface area contributed by atoms with Crippen LogP contribution in [0.4, 0.5) is 5.69 Å². The quantitative estimate of drug-likeness (QED) is 0.883. The third-order valence-electron chi connectivity index (χ3n) is 3.41. The summed E-state index contributed by atoms with van der Waals surface area (Å²) in [5.41, 5.74) is 12.7. The number of benzene rings is 1. The molecule has 1 amide bonds. The smallest absolute Gasteiger partial charge is 0.254 e. The number of nitrogens with two attached hydrogens (primary N) is 2. The molecule has 0 saturated carbocycles. The molecule has 0 aliphatic rings. The minimum Gasteiger partial charge on any atom is -0.438 e. The van der Waals surface area contributed by atoms with Crippen molar-refractivity contribution in [2.24, 2.45) is 5.73 Å². The highest BCUT2D eigenvalue weighted by Gasteiger charge is 2.13. The van der Waals surface area contributed by atoms with Gasteiger partial charge in [0.05, 0.1) is 11.9 Å². The monoisotopic (exact) mass is 285 g/mol. The number of nitrogen functional groups attached to an aromatic ring is 1. The van der Waals surface area contributed by atoms with Crippen LogP contribution in [0, 0.1) is 0 Å². The number of ether oxygens (including phenoxy) is 1. The number of aromatic nitrogens is 1. The SMILES string of the molecule is CCC(C)c1ccc(Oc2ncc(N)cc2C(N)=O)cc1. The molecule has 1 aromatic heterocycles. The van der Waals surface area contributed by atoms with Crippen LogP contribution in [0.1, 0.15) is 42.1 Å². The maximum Gasteiger partial charge on any atom is 0.254 e. The zero-order valence-electron chi connectivity index (χ0n) is 12.2. The van der Waals surface area contributed by atoms with E-state index in [9.17, 15) is 4.79 Å². The molecule has 0 radical (unpaired) electrons. The average Bonchev–Trinajstić information content (AvgIpc) is 2.49. The fourth-order valence-electron chi connectivity index (χ4n) is 1.94. The molecule has 0 fully saturated rings. The molecule has 1 unspecified atom stereocenters. The zero-order chi connectivity index (χ0) is 15.4. The predicted octanol–water partition coefficient (Wildman–Crippen LogP) is 3.07. The van der Waals surface area contributed by atoms with Crippen LogP contribution < -0.4 is 16.2 Å². The number of carbonyl (C=O) groups excluding carboxylic acids is 1. The topological polar surface area (TPSA) is 91.2 Å². The van der Waals surface area contributed by atoms with Gasteiger partial charge in [0.25, 0.3) is 5.91 Å². The molecule has 2 aromatic rings. The highest BCUT2D eigenvalue weighted by atomic mass is 16.5. The van der Waals surface area contributed by atoms with E-state index < -0.39 is 5.91 Å². The van der Waals surface area contributed by atoms with Gasteiger partial charge >= 0.3 is 0 Å². The second kappa shape index (κ2) is 6.26. The van der Waals surface area contributed by atoms with E-state index in [0.717, 1.165) is 6.42 Å². The molecular formula is C16H19N3O2. The minimum atomic E-state index is -0.624. The average molecular weight is 285 g/mol. The Hall–Kier alpha value is -2.56. The molecule has 0 aliphatic carbocycles. The van der Waals surface area contributed by atoms with Crippen LogP contribution in [0.2, 0.25) is 0 Å². The molecule has 1 aromatic carbocycles. The van der Waals surface area contributed by atoms with Gasteiger partial charge in [-0.2, -0.15) is 0 Å². The Labute approximate surface area is 123 Å². The number of pyridine rings is 1. The van der Waals surface area contributed by atoms with Crippen LogP contribution in [0.5, 0.6) is 11.6 Å². The van der Waals surface area contributed by atoms with Crippen molar-refractivity contribution < 1.29 is 9.53 Å². The van der Waals surface area contributed by atoms with Gasteiger partial charge in [-0.25, -0.2) is 4.98 Å². The lowest BCUT2D eigenvalue weighted by Crippen LogP contribution is -2.13. The van der Waals surface area contributed by atoms with Gasteiger partial charge in [0.2, 0.25) is 5.88 Å². The van der Waals surface area contributed by atoms with Crippen LogP contribution in [-0.4, -0.2) is 10.9 Å². The van der Waals surface area contributed by atoms with Crippen LogP contribution in [0.15, 0.2) is 36.5 Å². The third-order valence-corrected chi connectivity index (χ3v) is 3.41. The van der Waals surface area contributed by atoms with Gasteiger partial charge in [0, 0.05) is 0 Å². The van der Waals surface area contributed by atoms with Gasteiger partial charge < -0.3 is 16.2 Å². The van der Waals surface area contributed by atoms with Gasteiger partial charge in [-0.1, -0.05) is 26.0 Å². The molecule has 5 nitrogen and oxygen atoms in total. The Bertz CT molecular complexity index is 638. The minimum absolute atomic E-state index is 0.160. The molecule has 5 heteroatoms. The summed E-state index contributed by atoms with van der Waals surface area (Å²) in [6.45, 7) is 4.31. The van der Waals surface area contributed by atoms with E-state index in [1.807, 2.05) is 24.3 Å². The first kappa shape index (κ1) is 14.8. The maximum absolute atomic E-state index is 11.4. The lowest BCUT2D eigenvalue weighted by molar-refractivity contribution is 0.0997. The van der Waals surface area contributed by atoms with Crippen molar-refractivity contribution in [1.29, 1.82) is 0 Å². The second-order valence-electron chi connectivity index (χ2n) is 4.97. The molecule has 0 saturated heterocycles. The maximum atomic E-state index is 11.4. The molecular weight excluding hydrogens is 266 g/mol. The summed E-state index contributed by atoms with van der Waals surface area (Å²) in [6, 6.07) is 9.17. The van der Waals surface area contributed by atoms with E-state index in [1.54, 1.807) is 0 Å². The van der Waals surface area contributed by atoms with Crippen molar-refractivity contribution >= 4 is 11.6 Å². The van der Waals surface area contributed by atoms with Crippen molar-refractivity contribution in [3.8, 4) is 11.6 Å². The first-order valence-corrected chi connectivity index (χ1v) is 6.84. The molecule has 0 spiro atoms. The molecule has 0 bridgehead atoms. The van der Waals surface area contributed by atoms with E-state index in [1.165, 1.54) is 17.8 Å². The van der Waals surface area contributed by atoms with E-state index in [2.05, 4.69) is 18.8 Å². The number of rotatable bonds is 5. The predicted molar refractivity (Wildman–Crippen MR) is 82.4 cm³/mol. The van der Waals surface area contributed by atoms with Crippen LogP contribution in [0.25, 0.3) is 0 Å². The summed E-state index contributed by atoms with van der Waals surface area (Å²) in [7, 11) is 0. The Kier molecular flexibility index (Phi) is 4.42. The van der Waals surface area contributed by atoms with Gasteiger partial charge in [0.1, 0.15) is 11.3 Å². The molecule has 0 aliphatic heterocycles. The summed E-state index contributed by atoms with van der Waals surface area (Å²) < 4.78 is 5.63. The fraction of sp³-hybridized carbons (Fsp3) is 0.250. The summed E-state index contributed by atoms with van der Waals surface area (Å²) in [4.78, 5) is 15.4. The van der Waals surface area contributed by atoms with Gasteiger partial charge in [0.15, 0.2) is 0 Å². The molecule has 1 heterocycles. The van der Waals surface area contributed by atoms with Crippen LogP contribution in [-0.2, 0) is 0 Å². The van der Waals surface area contributed by atoms with Gasteiger partial charge in [-0.05, 0) is 36.1 Å². The van der Waals surface area contributed by atoms with Crippen molar-refractivity contribution in [2.75, 3.05) is 5.73 Å². The molecule has 1 atom stereocenters. The normalized spacial score (nSPS) is 11.9. The zero-order valence-corrected chi connectivity index (χ0v) is 12.2. The number of primary amides is 1. The number of amides is 1. The Balaban J connectivity index is 2.24. The first-order valence-electron chi connectivity index (χ1n) is 6.84. The van der Waals surface area contributed by atoms with E-state index >= 15 is 0 Å². The van der Waals surface area contributed by atoms with Crippen LogP contribution in [0.3, 0.4) is 0 Å². The van der Waals surface area contributed by atoms with Crippen LogP contribution >= 0.6 is 0 Å². The molecule has 2 rings (SSSR count). The third kappa shape index (κ3) is 3.51. The van der Waals surface area contributed by atoms with E-state index in [4.69, 9.17) is 16.2 Å². The highest BCUT2D eigenvalue weighted by Crippen LogP contribution is 2.26. The number of hydrogen-bond acceptors (Lipinski definition) is 4. The van der Waals surface area contributed by atoms with Crippen molar-refractivity contribution in [1.82, 2.24) is 4.98 Å². The summed E-state index contributed by atoms with van der Waals surface area (Å²) in [5, 5.41) is 0. The van der Waals surface area contributed by atoms with E-state index in [0.29, 0.717) is 17.4 Å². The Morgan fingerprint density at radius 2 is 2.00 bits per heavy atom.